The average Bonchev–Trinajstić information content (AvgIpc) is 2.24. The van der Waals surface area contributed by atoms with Crippen molar-refractivity contribution in [3.63, 3.8) is 0 Å². The van der Waals surface area contributed by atoms with Gasteiger partial charge in [0.25, 0.3) is 0 Å². The van der Waals surface area contributed by atoms with Gasteiger partial charge < -0.3 is 10.4 Å². The summed E-state index contributed by atoms with van der Waals surface area (Å²) in [6.07, 6.45) is 1.14. The van der Waals surface area contributed by atoms with E-state index in [1.165, 1.54) is 0 Å². The second kappa shape index (κ2) is 5.69. The first-order valence-electron chi connectivity index (χ1n) is 5.63. The molecule has 90 valence electrons. The van der Waals surface area contributed by atoms with Crippen LogP contribution in [0.4, 0.5) is 0 Å². The lowest BCUT2D eigenvalue weighted by Crippen LogP contribution is -2.28. The molecule has 1 aromatic rings. The van der Waals surface area contributed by atoms with Gasteiger partial charge in [-0.15, -0.1) is 0 Å². The molecule has 0 amide bonds. The molecule has 1 aromatic carbocycles. The summed E-state index contributed by atoms with van der Waals surface area (Å²) < 4.78 is 0.751. The summed E-state index contributed by atoms with van der Waals surface area (Å²) in [5.41, 5.74) is 1.24. The maximum absolute atomic E-state index is 9.80. The van der Waals surface area contributed by atoms with Crippen molar-refractivity contribution in [2.75, 3.05) is 6.54 Å². The lowest BCUT2D eigenvalue weighted by atomic mass is 9.90. The maximum atomic E-state index is 9.80. The van der Waals surface area contributed by atoms with Crippen LogP contribution >= 0.6 is 15.9 Å². The van der Waals surface area contributed by atoms with Crippen LogP contribution in [-0.2, 0) is 6.54 Å². The van der Waals surface area contributed by atoms with Gasteiger partial charge in [-0.2, -0.15) is 0 Å². The van der Waals surface area contributed by atoms with E-state index in [1.807, 2.05) is 18.2 Å². The van der Waals surface area contributed by atoms with Crippen LogP contribution in [0, 0.1) is 5.41 Å². The van der Waals surface area contributed by atoms with E-state index in [0.29, 0.717) is 17.7 Å². The second-order valence-corrected chi connectivity index (χ2v) is 5.72. The molecular formula is C13H20BrNO. The van der Waals surface area contributed by atoms with Gasteiger partial charge in [0.2, 0.25) is 0 Å². The number of nitrogens with one attached hydrogen (secondary N) is 1. The van der Waals surface area contributed by atoms with Crippen LogP contribution in [0.25, 0.3) is 0 Å². The Labute approximate surface area is 106 Å². The zero-order valence-corrected chi connectivity index (χ0v) is 11.8. The third-order valence-electron chi connectivity index (χ3n) is 2.95. The van der Waals surface area contributed by atoms with Gasteiger partial charge in [0.05, 0.1) is 4.47 Å². The molecule has 0 fully saturated rings. The van der Waals surface area contributed by atoms with Gasteiger partial charge in [-0.05, 0) is 33.8 Å². The summed E-state index contributed by atoms with van der Waals surface area (Å²) in [6, 6.07) is 5.71. The highest BCUT2D eigenvalue weighted by molar-refractivity contribution is 9.10. The quantitative estimate of drug-likeness (QED) is 0.865. The number of phenolic OH excluding ortho intramolecular Hbond substituents is 1. The molecule has 0 saturated heterocycles. The molecule has 0 bridgehead atoms. The Bertz CT molecular complexity index is 350. The van der Waals surface area contributed by atoms with Gasteiger partial charge in [-0.3, -0.25) is 0 Å². The van der Waals surface area contributed by atoms with Crippen molar-refractivity contribution in [1.29, 1.82) is 0 Å². The minimum Gasteiger partial charge on any atom is -0.506 e. The molecular weight excluding hydrogens is 266 g/mol. The molecule has 0 radical (unpaired) electrons. The summed E-state index contributed by atoms with van der Waals surface area (Å²) >= 11 is 3.31. The summed E-state index contributed by atoms with van der Waals surface area (Å²) in [7, 11) is 0. The molecule has 16 heavy (non-hydrogen) atoms. The molecule has 1 rings (SSSR count). The van der Waals surface area contributed by atoms with E-state index < -0.39 is 0 Å². The van der Waals surface area contributed by atoms with Gasteiger partial charge in [0.1, 0.15) is 5.75 Å². The van der Waals surface area contributed by atoms with Crippen LogP contribution in [0.1, 0.15) is 32.8 Å². The van der Waals surface area contributed by atoms with Crippen molar-refractivity contribution >= 4 is 15.9 Å². The highest BCUT2D eigenvalue weighted by atomic mass is 79.9. The largest absolute Gasteiger partial charge is 0.506 e. The van der Waals surface area contributed by atoms with E-state index in [9.17, 15) is 5.11 Å². The number of benzene rings is 1. The van der Waals surface area contributed by atoms with Crippen LogP contribution in [-0.4, -0.2) is 11.7 Å². The zero-order chi connectivity index (χ0) is 12.2. The average molecular weight is 286 g/mol. The summed E-state index contributed by atoms with van der Waals surface area (Å²) in [5.74, 6) is 0.337. The summed E-state index contributed by atoms with van der Waals surface area (Å²) in [6.45, 7) is 8.32. The SMILES string of the molecule is CCC(C)(C)CNCc1cccc(Br)c1O. The van der Waals surface area contributed by atoms with Crippen LogP contribution in [0.3, 0.4) is 0 Å². The molecule has 2 nitrogen and oxygen atoms in total. The van der Waals surface area contributed by atoms with Crippen molar-refractivity contribution in [2.45, 2.75) is 33.7 Å². The standard InChI is InChI=1S/C13H20BrNO/c1-4-13(2,3)9-15-8-10-6-5-7-11(14)12(10)16/h5-7,15-16H,4,8-9H2,1-3H3. The first kappa shape index (κ1) is 13.5. The highest BCUT2D eigenvalue weighted by Gasteiger charge is 2.14. The number of hydrogen-bond acceptors (Lipinski definition) is 2. The van der Waals surface area contributed by atoms with E-state index in [2.05, 4.69) is 42.0 Å². The van der Waals surface area contributed by atoms with E-state index in [0.717, 1.165) is 23.0 Å². The Morgan fingerprint density at radius 1 is 1.38 bits per heavy atom. The van der Waals surface area contributed by atoms with Crippen molar-refractivity contribution < 1.29 is 5.11 Å². The Morgan fingerprint density at radius 3 is 2.69 bits per heavy atom. The van der Waals surface area contributed by atoms with Crippen molar-refractivity contribution in [3.8, 4) is 5.75 Å². The molecule has 0 spiro atoms. The predicted molar refractivity (Wildman–Crippen MR) is 71.6 cm³/mol. The Hall–Kier alpha value is -0.540. The molecule has 0 unspecified atom stereocenters. The third-order valence-corrected chi connectivity index (χ3v) is 3.59. The van der Waals surface area contributed by atoms with Gasteiger partial charge >= 0.3 is 0 Å². The lowest BCUT2D eigenvalue weighted by Gasteiger charge is -2.23. The minimum absolute atomic E-state index is 0.307. The Balaban J connectivity index is 2.53. The summed E-state index contributed by atoms with van der Waals surface area (Å²) in [5, 5.41) is 13.2. The first-order valence-corrected chi connectivity index (χ1v) is 6.42. The van der Waals surface area contributed by atoms with Crippen molar-refractivity contribution in [1.82, 2.24) is 5.32 Å². The minimum atomic E-state index is 0.307. The van der Waals surface area contributed by atoms with Crippen LogP contribution in [0.15, 0.2) is 22.7 Å². The molecule has 0 aromatic heterocycles. The fourth-order valence-electron chi connectivity index (χ4n) is 1.36. The fourth-order valence-corrected chi connectivity index (χ4v) is 1.77. The van der Waals surface area contributed by atoms with E-state index >= 15 is 0 Å². The van der Waals surface area contributed by atoms with E-state index in [-0.39, 0.29) is 0 Å². The van der Waals surface area contributed by atoms with Gasteiger partial charge in [-0.25, -0.2) is 0 Å². The van der Waals surface area contributed by atoms with Crippen molar-refractivity contribution in [2.24, 2.45) is 5.41 Å². The molecule has 2 N–H and O–H groups in total. The molecule has 0 heterocycles. The Kier molecular flexibility index (Phi) is 4.81. The third kappa shape index (κ3) is 3.80. The number of rotatable bonds is 5. The normalized spacial score (nSPS) is 11.8. The number of aromatic hydroxyl groups is 1. The number of hydrogen-bond donors (Lipinski definition) is 2. The topological polar surface area (TPSA) is 32.3 Å². The predicted octanol–water partition coefficient (Wildman–Crippen LogP) is 3.68. The smallest absolute Gasteiger partial charge is 0.134 e. The van der Waals surface area contributed by atoms with Crippen molar-refractivity contribution in [3.05, 3.63) is 28.2 Å². The van der Waals surface area contributed by atoms with Gasteiger partial charge in [-0.1, -0.05) is 32.9 Å². The van der Waals surface area contributed by atoms with E-state index in [4.69, 9.17) is 0 Å². The zero-order valence-electron chi connectivity index (χ0n) is 10.2. The lowest BCUT2D eigenvalue weighted by molar-refractivity contribution is 0.326. The molecule has 0 aliphatic carbocycles. The number of halogens is 1. The summed E-state index contributed by atoms with van der Waals surface area (Å²) in [4.78, 5) is 0. The molecule has 0 saturated carbocycles. The molecule has 0 atom stereocenters. The monoisotopic (exact) mass is 285 g/mol. The molecule has 0 aliphatic heterocycles. The Morgan fingerprint density at radius 2 is 2.06 bits per heavy atom. The number of para-hydroxylation sites is 1. The van der Waals surface area contributed by atoms with Gasteiger partial charge in [0.15, 0.2) is 0 Å². The van der Waals surface area contributed by atoms with Gasteiger partial charge in [0, 0.05) is 18.7 Å². The molecule has 0 aliphatic rings. The maximum Gasteiger partial charge on any atom is 0.134 e. The second-order valence-electron chi connectivity index (χ2n) is 4.87. The first-order chi connectivity index (χ1) is 7.46. The van der Waals surface area contributed by atoms with E-state index in [1.54, 1.807) is 0 Å². The molecule has 3 heteroatoms. The fraction of sp³-hybridized carbons (Fsp3) is 0.538. The highest BCUT2D eigenvalue weighted by Crippen LogP contribution is 2.27. The number of phenols is 1. The van der Waals surface area contributed by atoms with Crippen LogP contribution in [0.2, 0.25) is 0 Å². The van der Waals surface area contributed by atoms with Crippen LogP contribution < -0.4 is 5.32 Å². The van der Waals surface area contributed by atoms with Crippen LogP contribution in [0.5, 0.6) is 5.75 Å².